The third-order valence-corrected chi connectivity index (χ3v) is 7.79. The number of aromatic nitrogens is 2. The van der Waals surface area contributed by atoms with Crippen LogP contribution >= 0.6 is 11.6 Å². The van der Waals surface area contributed by atoms with Gasteiger partial charge in [0.2, 0.25) is 10.0 Å². The molecule has 0 amide bonds. The zero-order valence-electron chi connectivity index (χ0n) is 15.8. The molecule has 0 aliphatic carbocycles. The SMILES string of the molecule is Cc1cc(C)c(C)c(S(=O)(=O)N2CCN(c3cn[nH]c(=O)c3Cl)CC2)c1C. The molecule has 1 aromatic carbocycles. The van der Waals surface area contributed by atoms with Gasteiger partial charge < -0.3 is 4.90 Å². The summed E-state index contributed by atoms with van der Waals surface area (Å²) in [5.74, 6) is 0. The smallest absolute Gasteiger partial charge is 0.285 e. The Morgan fingerprint density at radius 3 is 2.15 bits per heavy atom. The van der Waals surface area contributed by atoms with Crippen molar-refractivity contribution in [3.8, 4) is 0 Å². The van der Waals surface area contributed by atoms with Crippen molar-refractivity contribution in [1.82, 2.24) is 14.5 Å². The van der Waals surface area contributed by atoms with Crippen molar-refractivity contribution in [2.75, 3.05) is 31.1 Å². The number of aromatic amines is 1. The van der Waals surface area contributed by atoms with Gasteiger partial charge in [0.25, 0.3) is 5.56 Å². The first-order chi connectivity index (χ1) is 12.6. The second kappa shape index (κ2) is 7.26. The van der Waals surface area contributed by atoms with E-state index in [1.54, 1.807) is 0 Å². The van der Waals surface area contributed by atoms with Gasteiger partial charge in [0, 0.05) is 26.2 Å². The lowest BCUT2D eigenvalue weighted by Gasteiger charge is -2.36. The van der Waals surface area contributed by atoms with E-state index in [1.807, 2.05) is 38.7 Å². The zero-order chi connectivity index (χ0) is 19.9. The summed E-state index contributed by atoms with van der Waals surface area (Å²) in [5, 5.41) is 6.14. The molecule has 2 aromatic rings. The van der Waals surface area contributed by atoms with Gasteiger partial charge in [-0.3, -0.25) is 4.79 Å². The summed E-state index contributed by atoms with van der Waals surface area (Å²) in [7, 11) is -3.60. The van der Waals surface area contributed by atoms with E-state index >= 15 is 0 Å². The predicted molar refractivity (Wildman–Crippen MR) is 106 cm³/mol. The van der Waals surface area contributed by atoms with Crippen LogP contribution < -0.4 is 10.5 Å². The van der Waals surface area contributed by atoms with Crippen molar-refractivity contribution in [3.05, 3.63) is 49.9 Å². The number of hydrogen-bond acceptors (Lipinski definition) is 5. The lowest BCUT2D eigenvalue weighted by Crippen LogP contribution is -2.49. The first-order valence-corrected chi connectivity index (χ1v) is 10.5. The fourth-order valence-electron chi connectivity index (χ4n) is 3.46. The number of nitrogens with one attached hydrogen (secondary N) is 1. The fraction of sp³-hybridized carbons (Fsp3) is 0.444. The molecule has 0 atom stereocenters. The van der Waals surface area contributed by atoms with Crippen LogP contribution in [0.1, 0.15) is 22.3 Å². The van der Waals surface area contributed by atoms with Crippen molar-refractivity contribution in [3.63, 3.8) is 0 Å². The van der Waals surface area contributed by atoms with Gasteiger partial charge in [0.1, 0.15) is 5.02 Å². The van der Waals surface area contributed by atoms with E-state index in [2.05, 4.69) is 10.2 Å². The van der Waals surface area contributed by atoms with Crippen LogP contribution in [0.15, 0.2) is 22.0 Å². The molecule has 1 aliphatic rings. The fourth-order valence-corrected chi connectivity index (χ4v) is 5.67. The van der Waals surface area contributed by atoms with Crippen molar-refractivity contribution >= 4 is 27.3 Å². The molecule has 1 fully saturated rings. The quantitative estimate of drug-likeness (QED) is 0.837. The molecule has 2 heterocycles. The van der Waals surface area contributed by atoms with Gasteiger partial charge in [-0.1, -0.05) is 17.7 Å². The van der Waals surface area contributed by atoms with E-state index in [4.69, 9.17) is 11.6 Å². The van der Waals surface area contributed by atoms with Crippen LogP contribution in [0.5, 0.6) is 0 Å². The molecule has 146 valence electrons. The number of piperazine rings is 1. The maximum atomic E-state index is 13.3. The molecule has 1 aliphatic heterocycles. The van der Waals surface area contributed by atoms with Crippen LogP contribution in [0.3, 0.4) is 0 Å². The topological polar surface area (TPSA) is 86.4 Å². The molecular weight excluding hydrogens is 388 g/mol. The number of nitrogens with zero attached hydrogens (tertiary/aromatic N) is 3. The largest absolute Gasteiger partial charge is 0.366 e. The lowest BCUT2D eigenvalue weighted by atomic mass is 10.0. The summed E-state index contributed by atoms with van der Waals surface area (Å²) >= 11 is 6.07. The van der Waals surface area contributed by atoms with Crippen LogP contribution in [0.2, 0.25) is 5.02 Å². The number of anilines is 1. The minimum absolute atomic E-state index is 0.0716. The van der Waals surface area contributed by atoms with E-state index in [0.29, 0.717) is 36.8 Å². The van der Waals surface area contributed by atoms with Crippen molar-refractivity contribution in [1.29, 1.82) is 0 Å². The van der Waals surface area contributed by atoms with Gasteiger partial charge in [-0.05, 0) is 49.9 Å². The van der Waals surface area contributed by atoms with E-state index < -0.39 is 15.6 Å². The summed E-state index contributed by atoms with van der Waals surface area (Å²) in [4.78, 5) is 13.9. The molecule has 0 bridgehead atoms. The number of hydrogen-bond donors (Lipinski definition) is 1. The van der Waals surface area contributed by atoms with E-state index in [0.717, 1.165) is 22.3 Å². The highest BCUT2D eigenvalue weighted by Gasteiger charge is 2.32. The van der Waals surface area contributed by atoms with Crippen molar-refractivity contribution in [2.45, 2.75) is 32.6 Å². The van der Waals surface area contributed by atoms with Crippen molar-refractivity contribution in [2.24, 2.45) is 0 Å². The minimum Gasteiger partial charge on any atom is -0.366 e. The van der Waals surface area contributed by atoms with E-state index in [9.17, 15) is 13.2 Å². The number of H-pyrrole nitrogens is 1. The molecule has 0 saturated carbocycles. The number of aryl methyl sites for hydroxylation is 2. The zero-order valence-corrected chi connectivity index (χ0v) is 17.4. The molecule has 9 heteroatoms. The molecule has 0 radical (unpaired) electrons. The van der Waals surface area contributed by atoms with Crippen LogP contribution in [0.4, 0.5) is 5.69 Å². The third kappa shape index (κ3) is 3.49. The maximum absolute atomic E-state index is 13.3. The second-order valence-corrected chi connectivity index (χ2v) is 9.13. The maximum Gasteiger partial charge on any atom is 0.285 e. The summed E-state index contributed by atoms with van der Waals surface area (Å²) in [5.41, 5.74) is 3.60. The summed E-state index contributed by atoms with van der Waals surface area (Å²) in [6, 6.07) is 2.02. The van der Waals surface area contributed by atoms with Gasteiger partial charge in [-0.25, -0.2) is 13.5 Å². The normalized spacial score (nSPS) is 16.0. The highest BCUT2D eigenvalue weighted by Crippen LogP contribution is 2.30. The summed E-state index contributed by atoms with van der Waals surface area (Å²) in [6.45, 7) is 9.08. The molecule has 0 unspecified atom stereocenters. The monoisotopic (exact) mass is 410 g/mol. The molecule has 1 aromatic heterocycles. The predicted octanol–water partition coefficient (Wildman–Crippen LogP) is 2.17. The van der Waals surface area contributed by atoms with Gasteiger partial charge in [-0.2, -0.15) is 9.40 Å². The Balaban J connectivity index is 1.88. The number of rotatable bonds is 3. The Morgan fingerprint density at radius 2 is 1.59 bits per heavy atom. The number of sulfonamides is 1. The second-order valence-electron chi connectivity index (χ2n) is 6.88. The Bertz CT molecular complexity index is 1020. The molecule has 27 heavy (non-hydrogen) atoms. The van der Waals surface area contributed by atoms with Crippen LogP contribution in [-0.2, 0) is 10.0 Å². The van der Waals surface area contributed by atoms with Crippen molar-refractivity contribution < 1.29 is 8.42 Å². The Labute approximate surface area is 164 Å². The van der Waals surface area contributed by atoms with E-state index in [-0.39, 0.29) is 5.02 Å². The Morgan fingerprint density at radius 1 is 1.04 bits per heavy atom. The molecule has 0 spiro atoms. The average molecular weight is 411 g/mol. The number of halogens is 1. The van der Waals surface area contributed by atoms with Gasteiger partial charge in [0.15, 0.2) is 0 Å². The number of benzene rings is 1. The molecule has 1 N–H and O–H groups in total. The lowest BCUT2D eigenvalue weighted by molar-refractivity contribution is 0.384. The summed E-state index contributed by atoms with van der Waals surface area (Å²) < 4.78 is 28.1. The Hall–Kier alpha value is -1.90. The molecule has 1 saturated heterocycles. The van der Waals surface area contributed by atoms with Crippen LogP contribution in [0, 0.1) is 27.7 Å². The third-order valence-electron chi connectivity index (χ3n) is 5.25. The minimum atomic E-state index is -3.60. The van der Waals surface area contributed by atoms with E-state index in [1.165, 1.54) is 10.5 Å². The van der Waals surface area contributed by atoms with Gasteiger partial charge >= 0.3 is 0 Å². The molecule has 3 rings (SSSR count). The first kappa shape index (κ1) is 19.9. The molecular formula is C18H23ClN4O3S. The van der Waals surface area contributed by atoms with Crippen LogP contribution in [0.25, 0.3) is 0 Å². The van der Waals surface area contributed by atoms with Gasteiger partial charge in [0.05, 0.1) is 16.8 Å². The van der Waals surface area contributed by atoms with Gasteiger partial charge in [-0.15, -0.1) is 0 Å². The standard InChI is InChI=1S/C18H23ClN4O3S/c1-11-9-12(2)14(4)17(13(11)3)27(25,26)23-7-5-22(6-8-23)15-10-20-21-18(24)16(15)19/h9-10H,5-8H2,1-4H3,(H,21,24). The Kier molecular flexibility index (Phi) is 5.33. The molecule has 7 nitrogen and oxygen atoms in total. The summed E-state index contributed by atoms with van der Waals surface area (Å²) in [6.07, 6.45) is 1.49. The highest BCUT2D eigenvalue weighted by atomic mass is 35.5. The highest BCUT2D eigenvalue weighted by molar-refractivity contribution is 7.89. The average Bonchev–Trinajstić information content (AvgIpc) is 2.62. The van der Waals surface area contributed by atoms with Crippen LogP contribution in [-0.4, -0.2) is 49.1 Å². The first-order valence-electron chi connectivity index (χ1n) is 8.70.